The molecule has 26 heavy (non-hydrogen) atoms. The number of nitrogens with zero attached hydrogens (tertiary/aromatic N) is 1. The summed E-state index contributed by atoms with van der Waals surface area (Å²) in [6.45, 7) is 0. The average molecular weight is 398 g/mol. The number of halogens is 1. The molecule has 0 aromatic heterocycles. The molecule has 10 heteroatoms. The van der Waals surface area contributed by atoms with Crippen molar-refractivity contribution in [1.82, 2.24) is 10.2 Å². The summed E-state index contributed by atoms with van der Waals surface area (Å²) in [6, 6.07) is 4.10. The number of esters is 1. The second-order valence-corrected chi connectivity index (χ2v) is 7.27. The average Bonchev–Trinajstić information content (AvgIpc) is 2.65. The van der Waals surface area contributed by atoms with Crippen LogP contribution in [-0.4, -0.2) is 52.1 Å². The maximum absolute atomic E-state index is 12.4. The second kappa shape index (κ2) is 7.18. The van der Waals surface area contributed by atoms with E-state index in [0.717, 1.165) is 0 Å². The minimum Gasteiger partial charge on any atom is -0.508 e. The van der Waals surface area contributed by atoms with Crippen molar-refractivity contribution < 1.29 is 24.2 Å². The summed E-state index contributed by atoms with van der Waals surface area (Å²) in [7, 11) is 1.20. The Kier molecular flexibility index (Phi) is 5.12. The number of ether oxygens (including phenoxy) is 1. The number of methoxy groups -OCH3 is 1. The molecule has 2 aliphatic rings. The van der Waals surface area contributed by atoms with Crippen molar-refractivity contribution in [1.29, 1.82) is 0 Å². The Bertz CT molecular complexity index is 798. The van der Waals surface area contributed by atoms with E-state index in [9.17, 15) is 19.5 Å². The third kappa shape index (κ3) is 3.13. The van der Waals surface area contributed by atoms with Crippen molar-refractivity contribution in [2.24, 2.45) is 5.73 Å². The van der Waals surface area contributed by atoms with Gasteiger partial charge in [-0.2, -0.15) is 0 Å². The van der Waals surface area contributed by atoms with Crippen molar-refractivity contribution in [2.45, 2.75) is 17.5 Å². The van der Waals surface area contributed by atoms with Crippen LogP contribution in [0.2, 0.25) is 0 Å². The van der Waals surface area contributed by atoms with E-state index >= 15 is 0 Å². The van der Waals surface area contributed by atoms with Gasteiger partial charge in [0.25, 0.3) is 5.91 Å². The number of carbonyl (C=O) groups excluding carboxylic acids is 3. The van der Waals surface area contributed by atoms with Gasteiger partial charge in [0.05, 0.1) is 12.1 Å². The van der Waals surface area contributed by atoms with Crippen molar-refractivity contribution in [3.05, 3.63) is 40.6 Å². The lowest BCUT2D eigenvalue weighted by Gasteiger charge is -2.49. The van der Waals surface area contributed by atoms with E-state index in [1.165, 1.54) is 48.0 Å². The van der Waals surface area contributed by atoms with Gasteiger partial charge in [-0.15, -0.1) is 11.8 Å². The number of benzene rings is 1. The van der Waals surface area contributed by atoms with Gasteiger partial charge in [-0.25, -0.2) is 4.79 Å². The molecular weight excluding hydrogens is 382 g/mol. The van der Waals surface area contributed by atoms with E-state index in [1.807, 2.05) is 0 Å². The normalized spacial score (nSPS) is 23.0. The predicted octanol–water partition coefficient (Wildman–Crippen LogP) is 0.415. The Labute approximate surface area is 158 Å². The first kappa shape index (κ1) is 18.6. The maximum atomic E-state index is 12.4. The Hall–Kier alpha value is -2.23. The van der Waals surface area contributed by atoms with Crippen LogP contribution in [0.3, 0.4) is 0 Å². The molecule has 0 spiro atoms. The minimum absolute atomic E-state index is 0.0104. The molecule has 2 heterocycles. The molecule has 138 valence electrons. The van der Waals surface area contributed by atoms with Crippen LogP contribution in [0.5, 0.6) is 5.75 Å². The number of aromatic hydroxyl groups is 1. The maximum Gasteiger partial charge on any atom is 0.356 e. The van der Waals surface area contributed by atoms with Gasteiger partial charge in [0.2, 0.25) is 5.91 Å². The highest BCUT2D eigenvalue weighted by Gasteiger charge is 2.54. The lowest BCUT2D eigenvalue weighted by Crippen LogP contribution is -2.71. The largest absolute Gasteiger partial charge is 0.508 e. The highest BCUT2D eigenvalue weighted by molar-refractivity contribution is 8.00. The summed E-state index contributed by atoms with van der Waals surface area (Å²) in [4.78, 5) is 37.9. The number of nitrogens with one attached hydrogen (secondary N) is 1. The number of fused-ring (bicyclic) bond motifs is 1. The van der Waals surface area contributed by atoms with Crippen LogP contribution in [0.1, 0.15) is 11.6 Å². The number of hydrogen-bond acceptors (Lipinski definition) is 7. The fourth-order valence-electron chi connectivity index (χ4n) is 2.74. The SMILES string of the molecule is COC(=O)C1=C(Cl)CS[C@H]2C(NC(=O)C(N)c3ccc(O)cc3)C(=O)N12. The Balaban J connectivity index is 1.71. The topological polar surface area (TPSA) is 122 Å². The van der Waals surface area contributed by atoms with Gasteiger partial charge < -0.3 is 20.9 Å². The standard InChI is InChI=1S/C16H16ClN3O5S/c1-25-16(24)12-9(17)6-26-15-11(14(23)20(12)15)19-13(22)10(18)7-2-4-8(21)5-3-7/h2-5,10-11,15,21H,6,18H2,1H3,(H,19,22)/t10?,11?,15-/m0/s1. The number of nitrogens with two attached hydrogens (primary N) is 1. The van der Waals surface area contributed by atoms with E-state index in [1.54, 1.807) is 0 Å². The Morgan fingerprint density at radius 3 is 2.69 bits per heavy atom. The molecule has 8 nitrogen and oxygen atoms in total. The highest BCUT2D eigenvalue weighted by Crippen LogP contribution is 2.41. The Morgan fingerprint density at radius 2 is 2.08 bits per heavy atom. The lowest BCUT2D eigenvalue weighted by atomic mass is 10.0. The summed E-state index contributed by atoms with van der Waals surface area (Å²) < 4.78 is 4.67. The molecule has 1 saturated heterocycles. The number of β-lactam (4-membered cyclic amide) rings is 1. The molecule has 0 saturated carbocycles. The summed E-state index contributed by atoms with van der Waals surface area (Å²) in [6.07, 6.45) is 0. The molecule has 1 aromatic carbocycles. The first-order valence-corrected chi connectivity index (χ1v) is 9.04. The molecule has 3 atom stereocenters. The van der Waals surface area contributed by atoms with E-state index in [4.69, 9.17) is 17.3 Å². The lowest BCUT2D eigenvalue weighted by molar-refractivity contribution is -0.151. The van der Waals surface area contributed by atoms with Gasteiger partial charge in [0, 0.05) is 5.75 Å². The monoisotopic (exact) mass is 397 g/mol. The van der Waals surface area contributed by atoms with E-state index < -0.39 is 35.2 Å². The zero-order valence-corrected chi connectivity index (χ0v) is 15.2. The van der Waals surface area contributed by atoms with Crippen LogP contribution in [0.4, 0.5) is 0 Å². The molecule has 0 radical (unpaired) electrons. The first-order valence-electron chi connectivity index (χ1n) is 7.61. The molecule has 2 amide bonds. The van der Waals surface area contributed by atoms with Crippen LogP contribution in [0, 0.1) is 0 Å². The third-order valence-electron chi connectivity index (χ3n) is 4.13. The molecule has 3 rings (SSSR count). The zero-order chi connectivity index (χ0) is 19.0. The van der Waals surface area contributed by atoms with Gasteiger partial charge in [-0.1, -0.05) is 23.7 Å². The van der Waals surface area contributed by atoms with Gasteiger partial charge in [0.15, 0.2) is 0 Å². The van der Waals surface area contributed by atoms with Crippen molar-refractivity contribution in [3.8, 4) is 5.75 Å². The number of carbonyl (C=O) groups is 3. The number of phenolic OH excluding ortho intramolecular Hbond substituents is 1. The molecule has 0 aliphatic carbocycles. The summed E-state index contributed by atoms with van der Waals surface area (Å²) in [5.74, 6) is -1.29. The molecule has 1 aromatic rings. The first-order chi connectivity index (χ1) is 12.3. The van der Waals surface area contributed by atoms with Gasteiger partial charge in [0.1, 0.15) is 28.9 Å². The number of hydrogen-bond donors (Lipinski definition) is 3. The van der Waals surface area contributed by atoms with Crippen LogP contribution in [-0.2, 0) is 19.1 Å². The van der Waals surface area contributed by atoms with Crippen LogP contribution in [0.25, 0.3) is 0 Å². The second-order valence-electron chi connectivity index (χ2n) is 5.71. The van der Waals surface area contributed by atoms with Gasteiger partial charge in [-0.05, 0) is 17.7 Å². The number of rotatable bonds is 4. The fraction of sp³-hybridized carbons (Fsp3) is 0.312. The van der Waals surface area contributed by atoms with E-state index in [2.05, 4.69) is 10.1 Å². The summed E-state index contributed by atoms with van der Waals surface area (Å²) in [5.41, 5.74) is 6.43. The Morgan fingerprint density at radius 1 is 1.42 bits per heavy atom. The number of amides is 2. The van der Waals surface area contributed by atoms with Gasteiger partial charge >= 0.3 is 5.97 Å². The molecule has 2 unspecified atom stereocenters. The van der Waals surface area contributed by atoms with Crippen LogP contribution in [0.15, 0.2) is 35.0 Å². The molecule has 0 bridgehead atoms. The predicted molar refractivity (Wildman–Crippen MR) is 95.0 cm³/mol. The van der Waals surface area contributed by atoms with E-state index in [-0.39, 0.29) is 16.5 Å². The van der Waals surface area contributed by atoms with Crippen LogP contribution >= 0.6 is 23.4 Å². The van der Waals surface area contributed by atoms with Crippen molar-refractivity contribution in [2.75, 3.05) is 12.9 Å². The quantitative estimate of drug-likeness (QED) is 0.497. The minimum atomic E-state index is -0.995. The molecule has 4 N–H and O–H groups in total. The highest BCUT2D eigenvalue weighted by atomic mass is 35.5. The van der Waals surface area contributed by atoms with Gasteiger partial charge in [-0.3, -0.25) is 14.5 Å². The number of thioether (sulfide) groups is 1. The molecule has 2 aliphatic heterocycles. The summed E-state index contributed by atoms with van der Waals surface area (Å²) >= 11 is 7.38. The fourth-order valence-corrected chi connectivity index (χ4v) is 4.29. The number of phenols is 1. The zero-order valence-electron chi connectivity index (χ0n) is 13.6. The summed E-state index contributed by atoms with van der Waals surface area (Å²) in [5, 5.41) is 11.7. The molecule has 1 fully saturated rings. The third-order valence-corrected chi connectivity index (χ3v) is 5.88. The van der Waals surface area contributed by atoms with Crippen molar-refractivity contribution >= 4 is 41.1 Å². The van der Waals surface area contributed by atoms with Crippen LogP contribution < -0.4 is 11.1 Å². The molecular formula is C16H16ClN3O5S. The smallest absolute Gasteiger partial charge is 0.356 e. The van der Waals surface area contributed by atoms with E-state index in [0.29, 0.717) is 11.3 Å². The van der Waals surface area contributed by atoms with Crippen molar-refractivity contribution in [3.63, 3.8) is 0 Å².